The summed E-state index contributed by atoms with van der Waals surface area (Å²) in [6.45, 7) is 2.88. The molecule has 2 aromatic heterocycles. The average molecular weight is 406 g/mol. The molecule has 0 spiro atoms. The van der Waals surface area contributed by atoms with E-state index in [2.05, 4.69) is 17.0 Å². The van der Waals surface area contributed by atoms with Gasteiger partial charge in [-0.1, -0.05) is 86.1 Å². The smallest absolute Gasteiger partial charge is 0.291 e. The summed E-state index contributed by atoms with van der Waals surface area (Å²) >= 11 is 1.34. The fourth-order valence-corrected chi connectivity index (χ4v) is 4.03. The maximum Gasteiger partial charge on any atom is 0.291 e. The Kier molecular flexibility index (Phi) is 6.00. The Morgan fingerprint density at radius 3 is 2.62 bits per heavy atom. The molecule has 6 heteroatoms. The molecule has 0 saturated heterocycles. The SMILES string of the molecule is CCCCCCOc1ccccc1/C=c1/sc2nc(-c3ccccc3)nn2c1=O. The van der Waals surface area contributed by atoms with Gasteiger partial charge in [-0.05, 0) is 18.6 Å². The van der Waals surface area contributed by atoms with E-state index in [1.165, 1.54) is 35.1 Å². The highest BCUT2D eigenvalue weighted by molar-refractivity contribution is 7.15. The molecule has 29 heavy (non-hydrogen) atoms. The third-order valence-electron chi connectivity index (χ3n) is 4.67. The molecular formula is C23H23N3O2S. The van der Waals surface area contributed by atoms with E-state index < -0.39 is 0 Å². The van der Waals surface area contributed by atoms with Crippen molar-refractivity contribution in [2.24, 2.45) is 0 Å². The van der Waals surface area contributed by atoms with Gasteiger partial charge in [-0.2, -0.15) is 9.50 Å². The number of thiazole rings is 1. The van der Waals surface area contributed by atoms with E-state index >= 15 is 0 Å². The number of rotatable bonds is 8. The van der Waals surface area contributed by atoms with Crippen LogP contribution in [0, 0.1) is 0 Å². The van der Waals surface area contributed by atoms with Crippen molar-refractivity contribution in [2.45, 2.75) is 32.6 Å². The molecule has 0 aliphatic heterocycles. The van der Waals surface area contributed by atoms with Crippen LogP contribution in [0.3, 0.4) is 0 Å². The third-order valence-corrected chi connectivity index (χ3v) is 5.63. The highest BCUT2D eigenvalue weighted by Gasteiger charge is 2.12. The summed E-state index contributed by atoms with van der Waals surface area (Å²) in [6.07, 6.45) is 6.51. The lowest BCUT2D eigenvalue weighted by Gasteiger charge is -2.08. The van der Waals surface area contributed by atoms with Crippen LogP contribution < -0.4 is 14.8 Å². The number of hydrogen-bond acceptors (Lipinski definition) is 5. The summed E-state index contributed by atoms with van der Waals surface area (Å²) in [7, 11) is 0. The maximum absolute atomic E-state index is 12.8. The van der Waals surface area contributed by atoms with Gasteiger partial charge in [0.25, 0.3) is 5.56 Å². The van der Waals surface area contributed by atoms with Crippen LogP contribution in [0.5, 0.6) is 5.75 Å². The molecule has 0 fully saturated rings. The van der Waals surface area contributed by atoms with E-state index in [4.69, 9.17) is 4.74 Å². The fourth-order valence-electron chi connectivity index (χ4n) is 3.13. The van der Waals surface area contributed by atoms with Crippen LogP contribution in [0.25, 0.3) is 22.4 Å². The summed E-state index contributed by atoms with van der Waals surface area (Å²) < 4.78 is 7.94. The van der Waals surface area contributed by atoms with Gasteiger partial charge in [0.2, 0.25) is 4.96 Å². The van der Waals surface area contributed by atoms with Crippen molar-refractivity contribution < 1.29 is 4.74 Å². The minimum atomic E-state index is -0.155. The molecule has 148 valence electrons. The zero-order chi connectivity index (χ0) is 20.1. The minimum Gasteiger partial charge on any atom is -0.493 e. The molecule has 0 amide bonds. The summed E-state index contributed by atoms with van der Waals surface area (Å²) in [4.78, 5) is 17.9. The molecule has 0 saturated carbocycles. The van der Waals surface area contributed by atoms with Gasteiger partial charge >= 0.3 is 0 Å². The van der Waals surface area contributed by atoms with Gasteiger partial charge in [0.05, 0.1) is 11.1 Å². The number of nitrogens with zero attached hydrogens (tertiary/aromatic N) is 3. The molecule has 0 atom stereocenters. The van der Waals surface area contributed by atoms with Crippen molar-refractivity contribution in [3.05, 3.63) is 75.0 Å². The van der Waals surface area contributed by atoms with Crippen molar-refractivity contribution >= 4 is 22.4 Å². The van der Waals surface area contributed by atoms with Crippen molar-refractivity contribution in [3.63, 3.8) is 0 Å². The van der Waals surface area contributed by atoms with Crippen molar-refractivity contribution in [2.75, 3.05) is 6.61 Å². The van der Waals surface area contributed by atoms with Gasteiger partial charge in [-0.15, -0.1) is 5.10 Å². The minimum absolute atomic E-state index is 0.155. The molecule has 0 aliphatic rings. The van der Waals surface area contributed by atoms with E-state index in [1.54, 1.807) is 0 Å². The molecule has 0 aliphatic carbocycles. The standard InChI is InChI=1S/C23H23N3O2S/c1-2-3-4-10-15-28-19-14-9-8-13-18(19)16-20-22(27)26-23(29-20)24-21(25-26)17-11-6-5-7-12-17/h5-9,11-14,16H,2-4,10,15H2,1H3/b20-16+. The van der Waals surface area contributed by atoms with Crippen LogP contribution in [0.2, 0.25) is 0 Å². The Labute approximate surface area is 173 Å². The molecule has 0 radical (unpaired) electrons. The number of benzene rings is 2. The largest absolute Gasteiger partial charge is 0.493 e. The summed E-state index contributed by atoms with van der Waals surface area (Å²) in [5.41, 5.74) is 1.64. The molecular weight excluding hydrogens is 382 g/mol. The Morgan fingerprint density at radius 2 is 1.83 bits per heavy atom. The monoisotopic (exact) mass is 405 g/mol. The molecule has 4 rings (SSSR count). The second-order valence-corrected chi connectivity index (χ2v) is 7.87. The number of para-hydroxylation sites is 1. The Morgan fingerprint density at radius 1 is 1.03 bits per heavy atom. The molecule has 4 aromatic rings. The number of hydrogen-bond donors (Lipinski definition) is 0. The first-order valence-electron chi connectivity index (χ1n) is 9.95. The highest BCUT2D eigenvalue weighted by atomic mass is 32.1. The van der Waals surface area contributed by atoms with Gasteiger partial charge in [0.15, 0.2) is 5.82 Å². The first-order chi connectivity index (χ1) is 14.3. The van der Waals surface area contributed by atoms with E-state index in [9.17, 15) is 4.79 Å². The van der Waals surface area contributed by atoms with Gasteiger partial charge < -0.3 is 4.74 Å². The Bertz CT molecular complexity index is 1200. The number of fused-ring (bicyclic) bond motifs is 1. The molecule has 0 N–H and O–H groups in total. The van der Waals surface area contributed by atoms with Crippen molar-refractivity contribution in [1.82, 2.24) is 14.6 Å². The van der Waals surface area contributed by atoms with Gasteiger partial charge in [0, 0.05) is 11.1 Å². The zero-order valence-electron chi connectivity index (χ0n) is 16.4. The summed E-state index contributed by atoms with van der Waals surface area (Å²) in [5.74, 6) is 1.36. The summed E-state index contributed by atoms with van der Waals surface area (Å²) in [6, 6.07) is 17.5. The van der Waals surface area contributed by atoms with E-state index in [0.29, 0.717) is 21.9 Å². The van der Waals surface area contributed by atoms with E-state index in [0.717, 1.165) is 23.3 Å². The van der Waals surface area contributed by atoms with Gasteiger partial charge in [-0.3, -0.25) is 4.79 Å². The van der Waals surface area contributed by atoms with Crippen molar-refractivity contribution in [1.29, 1.82) is 0 Å². The van der Waals surface area contributed by atoms with E-state index in [-0.39, 0.29) is 5.56 Å². The van der Waals surface area contributed by atoms with Gasteiger partial charge in [0.1, 0.15) is 5.75 Å². The predicted octanol–water partition coefficient (Wildman–Crippen LogP) is 4.32. The number of aromatic nitrogens is 3. The van der Waals surface area contributed by atoms with Crippen LogP contribution in [-0.4, -0.2) is 21.2 Å². The number of unbranched alkanes of at least 4 members (excludes halogenated alkanes) is 3. The lowest BCUT2D eigenvalue weighted by Crippen LogP contribution is -2.23. The molecule has 2 aromatic carbocycles. The first kappa shape index (κ1) is 19.3. The molecule has 2 heterocycles. The maximum atomic E-state index is 12.8. The lowest BCUT2D eigenvalue weighted by atomic mass is 10.2. The quantitative estimate of drug-likeness (QED) is 0.410. The normalized spacial score (nSPS) is 12.0. The number of ether oxygens (including phenoxy) is 1. The lowest BCUT2D eigenvalue weighted by molar-refractivity contribution is 0.304. The molecule has 5 nitrogen and oxygen atoms in total. The van der Waals surface area contributed by atoms with Crippen molar-refractivity contribution in [3.8, 4) is 17.1 Å². The molecule has 0 bridgehead atoms. The van der Waals surface area contributed by atoms with Crippen LogP contribution >= 0.6 is 11.3 Å². The third kappa shape index (κ3) is 4.38. The highest BCUT2D eigenvalue weighted by Crippen LogP contribution is 2.20. The van der Waals surface area contributed by atoms with E-state index in [1.807, 2.05) is 60.7 Å². The van der Waals surface area contributed by atoms with Crippen LogP contribution in [0.4, 0.5) is 0 Å². The molecule has 0 unspecified atom stereocenters. The average Bonchev–Trinajstić information content (AvgIpc) is 3.29. The fraction of sp³-hybridized carbons (Fsp3) is 0.261. The van der Waals surface area contributed by atoms with Crippen LogP contribution in [0.1, 0.15) is 38.2 Å². The second kappa shape index (κ2) is 9.01. The van der Waals surface area contributed by atoms with Gasteiger partial charge in [-0.25, -0.2) is 0 Å². The van der Waals surface area contributed by atoms with Crippen LogP contribution in [0.15, 0.2) is 59.4 Å². The Hall–Kier alpha value is -2.99. The first-order valence-corrected chi connectivity index (χ1v) is 10.8. The topological polar surface area (TPSA) is 56.5 Å². The van der Waals surface area contributed by atoms with Crippen LogP contribution in [-0.2, 0) is 0 Å². The Balaban J connectivity index is 1.61. The zero-order valence-corrected chi connectivity index (χ0v) is 17.2. The summed E-state index contributed by atoms with van der Waals surface area (Å²) in [5, 5.41) is 4.40. The predicted molar refractivity (Wildman–Crippen MR) is 117 cm³/mol. The second-order valence-electron chi connectivity index (χ2n) is 6.86.